The normalized spacial score (nSPS) is 21.6. The average molecular weight is 484 g/mol. The van der Waals surface area contributed by atoms with Crippen LogP contribution in [0.3, 0.4) is 0 Å². The quantitative estimate of drug-likeness (QED) is 0.610. The van der Waals surface area contributed by atoms with E-state index in [0.717, 1.165) is 30.5 Å². The predicted octanol–water partition coefficient (Wildman–Crippen LogP) is 3.16. The molecule has 34 heavy (non-hydrogen) atoms. The van der Waals surface area contributed by atoms with Gasteiger partial charge in [-0.1, -0.05) is 0 Å². The van der Waals surface area contributed by atoms with Crippen LogP contribution >= 0.6 is 11.8 Å². The van der Waals surface area contributed by atoms with E-state index in [0.29, 0.717) is 36.9 Å². The van der Waals surface area contributed by atoms with Gasteiger partial charge in [-0.3, -0.25) is 23.7 Å². The fraction of sp³-hybridized carbons (Fsp3) is 0.458. The molecule has 1 aliphatic carbocycles. The Labute approximate surface area is 199 Å². The highest BCUT2D eigenvalue weighted by molar-refractivity contribution is 7.99. The van der Waals surface area contributed by atoms with Crippen LogP contribution in [0, 0.1) is 5.82 Å². The Balaban J connectivity index is 1.53. The van der Waals surface area contributed by atoms with Gasteiger partial charge in [-0.25, -0.2) is 14.2 Å². The van der Waals surface area contributed by atoms with Crippen LogP contribution < -0.4 is 17.0 Å². The lowest BCUT2D eigenvalue weighted by molar-refractivity contribution is 0.0998. The van der Waals surface area contributed by atoms with Gasteiger partial charge in [0.25, 0.3) is 11.5 Å². The molecule has 2 N–H and O–H groups in total. The number of nitrogens with zero attached hydrogens (tertiary/aromatic N) is 4. The first-order valence-electron chi connectivity index (χ1n) is 11.6. The maximum atomic E-state index is 14.1. The summed E-state index contributed by atoms with van der Waals surface area (Å²) in [5, 5.41) is 0.140. The number of hydrogen-bond donors (Lipinski definition) is 1. The third-order valence-corrected chi connectivity index (χ3v) is 8.08. The number of hydrogen-bond acceptors (Lipinski definition) is 6. The lowest BCUT2D eigenvalue weighted by Crippen LogP contribution is -2.45. The highest BCUT2D eigenvalue weighted by atomic mass is 32.2. The molecule has 178 valence electrons. The average Bonchev–Trinajstić information content (AvgIpc) is 2.86. The molecule has 0 spiro atoms. The third kappa shape index (κ3) is 4.04. The number of rotatable bonds is 4. The van der Waals surface area contributed by atoms with Crippen molar-refractivity contribution in [3.63, 3.8) is 0 Å². The maximum Gasteiger partial charge on any atom is 0.333 e. The van der Waals surface area contributed by atoms with Crippen molar-refractivity contribution in [2.75, 3.05) is 11.5 Å². The van der Waals surface area contributed by atoms with Gasteiger partial charge in [0.15, 0.2) is 0 Å². The van der Waals surface area contributed by atoms with E-state index < -0.39 is 17.3 Å². The summed E-state index contributed by atoms with van der Waals surface area (Å²) in [4.78, 5) is 47.5. The summed E-state index contributed by atoms with van der Waals surface area (Å²) in [6.45, 7) is 0. The van der Waals surface area contributed by atoms with Crippen molar-refractivity contribution in [3.8, 4) is 0 Å². The Bertz CT molecular complexity index is 1360. The molecule has 1 aliphatic heterocycles. The number of fused-ring (bicyclic) bond motifs is 1. The number of halogens is 1. The van der Waals surface area contributed by atoms with Crippen molar-refractivity contribution in [2.24, 2.45) is 5.73 Å². The van der Waals surface area contributed by atoms with Gasteiger partial charge in [0, 0.05) is 24.2 Å². The first-order chi connectivity index (χ1) is 16.5. The van der Waals surface area contributed by atoms with Crippen LogP contribution in [0.1, 0.15) is 72.6 Å². The summed E-state index contributed by atoms with van der Waals surface area (Å²) in [7, 11) is 0. The number of carbonyl (C=O) groups excluding carboxylic acids is 1. The molecule has 10 heteroatoms. The van der Waals surface area contributed by atoms with Crippen molar-refractivity contribution in [1.82, 2.24) is 19.1 Å². The van der Waals surface area contributed by atoms with E-state index in [-0.39, 0.29) is 34.7 Å². The van der Waals surface area contributed by atoms with Crippen LogP contribution in [-0.2, 0) is 0 Å². The molecule has 0 radical (unpaired) electrons. The SMILES string of the molecule is NC(=O)c1cccnc1C1CCC(n2c(=O)c3cc(F)cnc3n(C3CCSCC3)c2=O)CC1. The molecule has 0 aromatic carbocycles. The van der Waals surface area contributed by atoms with Crippen LogP contribution in [-0.4, -0.2) is 36.5 Å². The molecule has 1 saturated heterocycles. The second-order valence-electron chi connectivity index (χ2n) is 9.00. The zero-order chi connectivity index (χ0) is 23.8. The third-order valence-electron chi connectivity index (χ3n) is 7.03. The van der Waals surface area contributed by atoms with Crippen LogP contribution in [0.4, 0.5) is 4.39 Å². The second-order valence-corrected chi connectivity index (χ2v) is 10.2. The van der Waals surface area contributed by atoms with Crippen molar-refractivity contribution in [1.29, 1.82) is 0 Å². The maximum absolute atomic E-state index is 14.1. The van der Waals surface area contributed by atoms with Crippen LogP contribution in [0.25, 0.3) is 11.0 Å². The topological polar surface area (TPSA) is 113 Å². The molecule has 2 aliphatic rings. The van der Waals surface area contributed by atoms with Gasteiger partial charge in [0.05, 0.1) is 22.8 Å². The highest BCUT2D eigenvalue weighted by Crippen LogP contribution is 2.38. The van der Waals surface area contributed by atoms with E-state index in [4.69, 9.17) is 5.73 Å². The molecule has 3 aromatic rings. The zero-order valence-corrected chi connectivity index (χ0v) is 19.5. The minimum atomic E-state index is -0.599. The van der Waals surface area contributed by atoms with E-state index in [1.807, 2.05) is 11.8 Å². The number of pyridine rings is 2. The molecule has 1 saturated carbocycles. The number of primary amides is 1. The second kappa shape index (κ2) is 9.32. The molecule has 5 rings (SSSR count). The number of carbonyl (C=O) groups is 1. The molecule has 8 nitrogen and oxygen atoms in total. The predicted molar refractivity (Wildman–Crippen MR) is 129 cm³/mol. The first-order valence-corrected chi connectivity index (χ1v) is 12.8. The number of nitrogens with two attached hydrogens (primary N) is 1. The van der Waals surface area contributed by atoms with Gasteiger partial charge in [0.2, 0.25) is 0 Å². The van der Waals surface area contributed by atoms with Gasteiger partial charge < -0.3 is 5.73 Å². The van der Waals surface area contributed by atoms with Crippen molar-refractivity contribution in [2.45, 2.75) is 56.5 Å². The van der Waals surface area contributed by atoms with Crippen LogP contribution in [0.2, 0.25) is 0 Å². The summed E-state index contributed by atoms with van der Waals surface area (Å²) in [6.07, 6.45) is 6.78. The minimum absolute atomic E-state index is 0.0211. The molecule has 0 bridgehead atoms. The van der Waals surface area contributed by atoms with E-state index in [2.05, 4.69) is 9.97 Å². The lowest BCUT2D eigenvalue weighted by atomic mass is 9.82. The van der Waals surface area contributed by atoms with Gasteiger partial charge in [0.1, 0.15) is 11.5 Å². The molecular weight excluding hydrogens is 457 g/mol. The molecule has 2 fully saturated rings. The van der Waals surface area contributed by atoms with E-state index in [1.54, 1.807) is 22.9 Å². The molecule has 4 heterocycles. The molecule has 1 amide bonds. The van der Waals surface area contributed by atoms with E-state index >= 15 is 0 Å². The van der Waals surface area contributed by atoms with Crippen LogP contribution in [0.5, 0.6) is 0 Å². The van der Waals surface area contributed by atoms with Gasteiger partial charge >= 0.3 is 5.69 Å². The molecular formula is C24H26FN5O3S. The Morgan fingerprint density at radius 3 is 2.44 bits per heavy atom. The molecule has 3 aromatic heterocycles. The van der Waals surface area contributed by atoms with Crippen molar-refractivity contribution in [3.05, 3.63) is 68.5 Å². The first kappa shape index (κ1) is 22.8. The monoisotopic (exact) mass is 483 g/mol. The Morgan fingerprint density at radius 1 is 1.03 bits per heavy atom. The van der Waals surface area contributed by atoms with Gasteiger partial charge in [-0.05, 0) is 68.2 Å². The van der Waals surface area contributed by atoms with E-state index in [9.17, 15) is 18.8 Å². The standard InChI is InChI=1S/C24H26FN5O3S/c25-15-12-19-22(28-13-15)29(17-7-10-34-11-8-17)24(33)30(23(19)32)16-5-3-14(4-6-16)20-18(21(26)31)2-1-9-27-20/h1-2,9,12-14,16-17H,3-8,10-11H2,(H2,26,31). The molecule has 0 atom stereocenters. The smallest absolute Gasteiger partial charge is 0.333 e. The van der Waals surface area contributed by atoms with Crippen molar-refractivity contribution >= 4 is 28.7 Å². The lowest BCUT2D eigenvalue weighted by Gasteiger charge is -2.31. The summed E-state index contributed by atoms with van der Waals surface area (Å²) >= 11 is 1.84. The van der Waals surface area contributed by atoms with E-state index in [1.165, 1.54) is 10.6 Å². The van der Waals surface area contributed by atoms with Crippen LogP contribution in [0.15, 0.2) is 40.2 Å². The Hall–Kier alpha value is -3.01. The fourth-order valence-electron chi connectivity index (χ4n) is 5.36. The number of amides is 1. The fourth-order valence-corrected chi connectivity index (χ4v) is 6.44. The highest BCUT2D eigenvalue weighted by Gasteiger charge is 2.31. The van der Waals surface area contributed by atoms with Crippen molar-refractivity contribution < 1.29 is 9.18 Å². The summed E-state index contributed by atoms with van der Waals surface area (Å²) in [6, 6.07) is 4.17. The Morgan fingerprint density at radius 2 is 1.74 bits per heavy atom. The molecule has 0 unspecified atom stereocenters. The largest absolute Gasteiger partial charge is 0.366 e. The number of thioether (sulfide) groups is 1. The summed E-state index contributed by atoms with van der Waals surface area (Å²) < 4.78 is 17.0. The van der Waals surface area contributed by atoms with Gasteiger partial charge in [-0.15, -0.1) is 0 Å². The minimum Gasteiger partial charge on any atom is -0.366 e. The van der Waals surface area contributed by atoms with Gasteiger partial charge in [-0.2, -0.15) is 11.8 Å². The number of aromatic nitrogens is 4. The summed E-state index contributed by atoms with van der Waals surface area (Å²) in [5.74, 6) is 0.761. The zero-order valence-electron chi connectivity index (χ0n) is 18.7. The summed E-state index contributed by atoms with van der Waals surface area (Å²) in [5.41, 5.74) is 6.01. The Kier molecular flexibility index (Phi) is 6.24.